The van der Waals surface area contributed by atoms with Crippen LogP contribution in [0, 0.1) is 5.82 Å². The maximum atomic E-state index is 13.1. The molecule has 0 spiro atoms. The number of fused-ring (bicyclic) bond motifs is 1. The van der Waals surface area contributed by atoms with E-state index < -0.39 is 15.8 Å². The topological polar surface area (TPSA) is 66.4 Å². The molecule has 0 aliphatic carbocycles. The quantitative estimate of drug-likeness (QED) is 0.648. The number of benzene rings is 1. The molecule has 3 aromatic rings. The summed E-state index contributed by atoms with van der Waals surface area (Å²) in [5, 5.41) is 1.03. The van der Waals surface area contributed by atoms with E-state index in [0.717, 1.165) is 29.0 Å². The third-order valence-corrected chi connectivity index (χ3v) is 8.01. The highest BCUT2D eigenvalue weighted by molar-refractivity contribution is 7.89. The Labute approximate surface area is 167 Å². The molecule has 6 nitrogen and oxygen atoms in total. The van der Waals surface area contributed by atoms with Gasteiger partial charge in [-0.05, 0) is 43.2 Å². The summed E-state index contributed by atoms with van der Waals surface area (Å²) in [6.45, 7) is 4.16. The number of thiophene rings is 1. The number of aromatic nitrogens is 2. The molecule has 4 rings (SSSR count). The number of aryl methyl sites for hydroxylation is 1. The number of nitrogens with zero attached hydrogens (tertiary/aromatic N) is 4. The van der Waals surface area contributed by atoms with Gasteiger partial charge in [-0.3, -0.25) is 0 Å². The smallest absolute Gasteiger partial charge is 0.243 e. The first-order valence-corrected chi connectivity index (χ1v) is 11.5. The summed E-state index contributed by atoms with van der Waals surface area (Å²) >= 11 is 1.67. The lowest BCUT2D eigenvalue weighted by Crippen LogP contribution is -2.35. The van der Waals surface area contributed by atoms with Crippen molar-refractivity contribution in [1.29, 1.82) is 0 Å². The average molecular weight is 421 g/mol. The minimum Gasteiger partial charge on any atom is -0.355 e. The lowest BCUT2D eigenvalue weighted by atomic mass is 10.3. The van der Waals surface area contributed by atoms with Gasteiger partial charge < -0.3 is 4.90 Å². The summed E-state index contributed by atoms with van der Waals surface area (Å²) in [6.07, 6.45) is 3.21. The molecule has 0 radical (unpaired) electrons. The van der Waals surface area contributed by atoms with E-state index in [1.54, 1.807) is 17.7 Å². The van der Waals surface area contributed by atoms with Crippen LogP contribution in [0.5, 0.6) is 0 Å². The molecule has 28 heavy (non-hydrogen) atoms. The first-order chi connectivity index (χ1) is 13.5. The summed E-state index contributed by atoms with van der Waals surface area (Å²) in [6, 6.07) is 7.12. The van der Waals surface area contributed by atoms with Gasteiger partial charge in [0.25, 0.3) is 0 Å². The fourth-order valence-electron chi connectivity index (χ4n) is 3.42. The number of rotatable bonds is 4. The molecule has 3 heterocycles. The third-order valence-electron chi connectivity index (χ3n) is 4.91. The molecule has 0 bridgehead atoms. The Morgan fingerprint density at radius 1 is 1.11 bits per heavy atom. The Bertz CT molecular complexity index is 1080. The van der Waals surface area contributed by atoms with Crippen LogP contribution in [0.3, 0.4) is 0 Å². The van der Waals surface area contributed by atoms with Crippen LogP contribution in [0.4, 0.5) is 10.2 Å². The summed E-state index contributed by atoms with van der Waals surface area (Å²) < 4.78 is 40.4. The highest BCUT2D eigenvalue weighted by Crippen LogP contribution is 2.31. The molecule has 2 aromatic heterocycles. The van der Waals surface area contributed by atoms with Crippen LogP contribution in [0.1, 0.15) is 18.2 Å². The van der Waals surface area contributed by atoms with Gasteiger partial charge in [-0.15, -0.1) is 11.3 Å². The zero-order valence-corrected chi connectivity index (χ0v) is 17.1. The molecule has 1 aliphatic heterocycles. The van der Waals surface area contributed by atoms with Gasteiger partial charge >= 0.3 is 0 Å². The molecule has 1 fully saturated rings. The summed E-state index contributed by atoms with van der Waals surface area (Å²) in [5.41, 5.74) is 0. The number of hydrogen-bond acceptors (Lipinski definition) is 6. The van der Waals surface area contributed by atoms with E-state index in [4.69, 9.17) is 0 Å². The van der Waals surface area contributed by atoms with Crippen LogP contribution in [-0.4, -0.2) is 48.9 Å². The van der Waals surface area contributed by atoms with Gasteiger partial charge in [0.15, 0.2) is 0 Å². The van der Waals surface area contributed by atoms with E-state index in [-0.39, 0.29) is 4.90 Å². The lowest BCUT2D eigenvalue weighted by Gasteiger charge is -2.23. The van der Waals surface area contributed by atoms with E-state index in [1.165, 1.54) is 33.4 Å². The average Bonchev–Trinajstić information content (AvgIpc) is 2.96. The molecule has 9 heteroatoms. The van der Waals surface area contributed by atoms with Crippen LogP contribution < -0.4 is 4.90 Å². The standard InChI is InChI=1S/C19H21FN4O2S2/c1-2-15-12-17-18(21-13-22-19(17)27-15)23-8-3-9-24(11-10-23)28(25,26)16-6-4-14(20)5-7-16/h4-7,12-13H,2-3,8-11H2,1H3. The summed E-state index contributed by atoms with van der Waals surface area (Å²) in [4.78, 5) is 13.3. The van der Waals surface area contributed by atoms with E-state index in [2.05, 4.69) is 27.9 Å². The third kappa shape index (κ3) is 3.61. The maximum Gasteiger partial charge on any atom is 0.243 e. The van der Waals surface area contributed by atoms with E-state index in [0.29, 0.717) is 26.1 Å². The first kappa shape index (κ1) is 19.2. The van der Waals surface area contributed by atoms with Crippen molar-refractivity contribution in [3.63, 3.8) is 0 Å². The Kier molecular flexibility index (Phi) is 5.31. The van der Waals surface area contributed by atoms with Gasteiger partial charge in [0.1, 0.15) is 22.8 Å². The lowest BCUT2D eigenvalue weighted by molar-refractivity contribution is 0.433. The van der Waals surface area contributed by atoms with Gasteiger partial charge in [0, 0.05) is 31.1 Å². The number of halogens is 1. The molecular weight excluding hydrogens is 399 g/mol. The highest BCUT2D eigenvalue weighted by atomic mass is 32.2. The Balaban J connectivity index is 1.57. The van der Waals surface area contributed by atoms with Crippen molar-refractivity contribution >= 4 is 37.4 Å². The Morgan fingerprint density at radius 2 is 1.89 bits per heavy atom. The molecule has 0 amide bonds. The van der Waals surface area contributed by atoms with E-state index >= 15 is 0 Å². The molecule has 148 valence electrons. The fourth-order valence-corrected chi connectivity index (χ4v) is 5.82. The molecule has 0 unspecified atom stereocenters. The van der Waals surface area contributed by atoms with E-state index in [9.17, 15) is 12.8 Å². The Hall–Kier alpha value is -2.10. The maximum absolute atomic E-state index is 13.1. The van der Waals surface area contributed by atoms with Gasteiger partial charge in [-0.1, -0.05) is 6.92 Å². The highest BCUT2D eigenvalue weighted by Gasteiger charge is 2.28. The molecule has 1 saturated heterocycles. The van der Waals surface area contributed by atoms with Gasteiger partial charge in [0.2, 0.25) is 10.0 Å². The normalized spacial score (nSPS) is 16.4. The molecular formula is C19H21FN4O2S2. The number of hydrogen-bond donors (Lipinski definition) is 0. The first-order valence-electron chi connectivity index (χ1n) is 9.23. The minimum absolute atomic E-state index is 0.122. The van der Waals surface area contributed by atoms with Gasteiger partial charge in [-0.2, -0.15) is 4.31 Å². The monoisotopic (exact) mass is 420 g/mol. The van der Waals surface area contributed by atoms with Gasteiger partial charge in [-0.25, -0.2) is 22.8 Å². The number of sulfonamides is 1. The van der Waals surface area contributed by atoms with Crippen molar-refractivity contribution < 1.29 is 12.8 Å². The van der Waals surface area contributed by atoms with E-state index in [1.807, 2.05) is 0 Å². The van der Waals surface area contributed by atoms with Crippen molar-refractivity contribution in [2.75, 3.05) is 31.1 Å². The van der Waals surface area contributed by atoms with Crippen molar-refractivity contribution in [2.24, 2.45) is 0 Å². The molecule has 1 aromatic carbocycles. The van der Waals surface area contributed by atoms with Crippen LogP contribution in [0.2, 0.25) is 0 Å². The summed E-state index contributed by atoms with van der Waals surface area (Å²) in [5.74, 6) is 0.415. The van der Waals surface area contributed by atoms with Gasteiger partial charge in [0.05, 0.1) is 10.3 Å². The minimum atomic E-state index is -3.64. The molecule has 1 aliphatic rings. The SMILES string of the molecule is CCc1cc2c(N3CCCN(S(=O)(=O)c4ccc(F)cc4)CC3)ncnc2s1. The molecule has 0 atom stereocenters. The largest absolute Gasteiger partial charge is 0.355 e. The fraction of sp³-hybridized carbons (Fsp3) is 0.368. The Morgan fingerprint density at radius 3 is 2.64 bits per heavy atom. The summed E-state index contributed by atoms with van der Waals surface area (Å²) in [7, 11) is -3.64. The predicted octanol–water partition coefficient (Wildman–Crippen LogP) is 3.29. The molecule has 0 saturated carbocycles. The van der Waals surface area contributed by atoms with Crippen LogP contribution in [0.25, 0.3) is 10.2 Å². The second-order valence-electron chi connectivity index (χ2n) is 6.68. The predicted molar refractivity (Wildman–Crippen MR) is 109 cm³/mol. The van der Waals surface area contributed by atoms with Crippen molar-refractivity contribution in [1.82, 2.24) is 14.3 Å². The van der Waals surface area contributed by atoms with Crippen molar-refractivity contribution in [3.8, 4) is 0 Å². The number of anilines is 1. The van der Waals surface area contributed by atoms with Crippen molar-refractivity contribution in [2.45, 2.75) is 24.7 Å². The van der Waals surface area contributed by atoms with Crippen LogP contribution in [-0.2, 0) is 16.4 Å². The van der Waals surface area contributed by atoms with Crippen molar-refractivity contribution in [3.05, 3.63) is 47.4 Å². The zero-order chi connectivity index (χ0) is 19.7. The second-order valence-corrected chi connectivity index (χ2v) is 9.73. The molecule has 0 N–H and O–H groups in total. The van der Waals surface area contributed by atoms with Crippen LogP contribution >= 0.6 is 11.3 Å². The zero-order valence-electron chi connectivity index (χ0n) is 15.5. The van der Waals surface area contributed by atoms with Crippen LogP contribution in [0.15, 0.2) is 41.6 Å². The second kappa shape index (κ2) is 7.73.